The fraction of sp³-hybridized carbons (Fsp3) is 0.167. The molecule has 4 aromatic rings. The number of amides is 1. The summed E-state index contributed by atoms with van der Waals surface area (Å²) < 4.78 is 6.74. The van der Waals surface area contributed by atoms with Gasteiger partial charge in [0.05, 0.1) is 24.0 Å². The minimum atomic E-state index is -0.419. The number of esters is 1. The number of hydrogen-bond donors (Lipinski definition) is 1. The van der Waals surface area contributed by atoms with E-state index in [0.29, 0.717) is 28.1 Å². The summed E-state index contributed by atoms with van der Waals surface area (Å²) in [6.45, 7) is 3.88. The molecule has 162 valence electrons. The highest BCUT2D eigenvalue weighted by Gasteiger charge is 2.14. The van der Waals surface area contributed by atoms with Crippen molar-refractivity contribution in [3.8, 4) is 11.1 Å². The van der Waals surface area contributed by atoms with Gasteiger partial charge >= 0.3 is 5.97 Å². The summed E-state index contributed by atoms with van der Waals surface area (Å²) in [7, 11) is 0. The normalized spacial score (nSPS) is 10.8. The first-order valence-corrected chi connectivity index (χ1v) is 10.9. The molecule has 0 atom stereocenters. The van der Waals surface area contributed by atoms with Gasteiger partial charge in [-0.3, -0.25) is 14.2 Å². The second-order valence-electron chi connectivity index (χ2n) is 7.22. The summed E-state index contributed by atoms with van der Waals surface area (Å²) >= 11 is 1.32. The minimum absolute atomic E-state index is 0.167. The Morgan fingerprint density at radius 1 is 1.09 bits per heavy atom. The Morgan fingerprint density at radius 2 is 1.81 bits per heavy atom. The van der Waals surface area contributed by atoms with Crippen molar-refractivity contribution in [2.24, 2.45) is 0 Å². The van der Waals surface area contributed by atoms with Gasteiger partial charge < -0.3 is 10.1 Å². The number of rotatable bonds is 6. The summed E-state index contributed by atoms with van der Waals surface area (Å²) in [5.74, 6) is -0.787. The standard InChI is InChI=1S/C24H21N3O4S/c1-3-31-24(30)17-8-10-18(11-9-17)26-20(28)12-27-14-25-21-19(13-32-22(21)23(27)29)16-6-4-15(2)5-7-16/h4-11,13-14H,3,12H2,1-2H3,(H,26,28). The molecule has 0 aliphatic heterocycles. The van der Waals surface area contributed by atoms with Crippen LogP contribution in [0.2, 0.25) is 0 Å². The molecule has 1 N–H and O–H groups in total. The molecule has 0 aliphatic rings. The first-order valence-electron chi connectivity index (χ1n) is 10.1. The van der Waals surface area contributed by atoms with Crippen LogP contribution in [0.25, 0.3) is 21.3 Å². The van der Waals surface area contributed by atoms with E-state index in [2.05, 4.69) is 10.3 Å². The quantitative estimate of drug-likeness (QED) is 0.446. The predicted octanol–water partition coefficient (Wildman–Crippen LogP) is 4.25. The second-order valence-corrected chi connectivity index (χ2v) is 8.10. The van der Waals surface area contributed by atoms with E-state index in [4.69, 9.17) is 4.74 Å². The van der Waals surface area contributed by atoms with Crippen LogP contribution in [0.4, 0.5) is 5.69 Å². The number of carbonyl (C=O) groups excluding carboxylic acids is 2. The Hall–Kier alpha value is -3.78. The molecule has 1 amide bonds. The predicted molar refractivity (Wildman–Crippen MR) is 125 cm³/mol. The van der Waals surface area contributed by atoms with Crippen LogP contribution in [-0.2, 0) is 16.1 Å². The molecule has 0 bridgehead atoms. The third-order valence-corrected chi connectivity index (χ3v) is 5.86. The van der Waals surface area contributed by atoms with Crippen molar-refractivity contribution < 1.29 is 14.3 Å². The zero-order valence-corrected chi connectivity index (χ0v) is 18.4. The maximum Gasteiger partial charge on any atom is 0.338 e. The number of benzene rings is 2. The summed E-state index contributed by atoms with van der Waals surface area (Å²) in [5.41, 5.74) is 4.35. The number of nitrogens with one attached hydrogen (secondary N) is 1. The molecule has 0 unspecified atom stereocenters. The van der Waals surface area contributed by atoms with Crippen LogP contribution in [0.3, 0.4) is 0 Å². The SMILES string of the molecule is CCOC(=O)c1ccc(NC(=O)Cn2cnc3c(-c4ccc(C)cc4)csc3c2=O)cc1. The molecule has 0 spiro atoms. The zero-order valence-electron chi connectivity index (χ0n) is 17.6. The summed E-state index contributed by atoms with van der Waals surface area (Å²) in [4.78, 5) is 41.5. The van der Waals surface area contributed by atoms with Crippen molar-refractivity contribution in [1.82, 2.24) is 9.55 Å². The largest absolute Gasteiger partial charge is 0.462 e. The van der Waals surface area contributed by atoms with Crippen molar-refractivity contribution in [3.05, 3.63) is 81.7 Å². The number of ether oxygens (including phenoxy) is 1. The van der Waals surface area contributed by atoms with Gasteiger partial charge in [0.25, 0.3) is 5.56 Å². The van der Waals surface area contributed by atoms with Crippen LogP contribution in [0, 0.1) is 6.92 Å². The summed E-state index contributed by atoms with van der Waals surface area (Å²) in [5, 5.41) is 4.64. The number of nitrogens with zero attached hydrogens (tertiary/aromatic N) is 2. The van der Waals surface area contributed by atoms with Crippen LogP contribution in [-0.4, -0.2) is 28.0 Å². The van der Waals surface area contributed by atoms with Gasteiger partial charge in [0.2, 0.25) is 5.91 Å². The number of carbonyl (C=O) groups is 2. The van der Waals surface area contributed by atoms with Crippen molar-refractivity contribution in [1.29, 1.82) is 0 Å². The van der Waals surface area contributed by atoms with Gasteiger partial charge in [-0.05, 0) is 43.7 Å². The molecule has 7 nitrogen and oxygen atoms in total. The van der Waals surface area contributed by atoms with Gasteiger partial charge in [-0.25, -0.2) is 9.78 Å². The lowest BCUT2D eigenvalue weighted by Crippen LogP contribution is -2.27. The Labute approximate surface area is 188 Å². The van der Waals surface area contributed by atoms with E-state index < -0.39 is 5.97 Å². The number of fused-ring (bicyclic) bond motifs is 1. The van der Waals surface area contributed by atoms with E-state index >= 15 is 0 Å². The van der Waals surface area contributed by atoms with E-state index in [9.17, 15) is 14.4 Å². The summed E-state index contributed by atoms with van der Waals surface area (Å²) in [6, 6.07) is 14.4. The zero-order chi connectivity index (χ0) is 22.7. The van der Waals surface area contributed by atoms with Gasteiger partial charge in [-0.15, -0.1) is 11.3 Å². The van der Waals surface area contributed by atoms with Crippen LogP contribution < -0.4 is 10.9 Å². The minimum Gasteiger partial charge on any atom is -0.462 e. The highest BCUT2D eigenvalue weighted by Crippen LogP contribution is 2.30. The highest BCUT2D eigenvalue weighted by molar-refractivity contribution is 7.17. The van der Waals surface area contributed by atoms with E-state index in [1.807, 2.05) is 36.6 Å². The summed E-state index contributed by atoms with van der Waals surface area (Å²) in [6.07, 6.45) is 1.40. The lowest BCUT2D eigenvalue weighted by atomic mass is 10.1. The van der Waals surface area contributed by atoms with Gasteiger partial charge in [-0.1, -0.05) is 29.8 Å². The average Bonchev–Trinajstić information content (AvgIpc) is 3.22. The lowest BCUT2D eigenvalue weighted by molar-refractivity contribution is -0.116. The highest BCUT2D eigenvalue weighted by atomic mass is 32.1. The van der Waals surface area contributed by atoms with Crippen molar-refractivity contribution in [3.63, 3.8) is 0 Å². The molecule has 32 heavy (non-hydrogen) atoms. The Kier molecular flexibility index (Phi) is 6.13. The smallest absolute Gasteiger partial charge is 0.338 e. The molecule has 4 rings (SSSR count). The molecule has 2 aromatic heterocycles. The van der Waals surface area contributed by atoms with Crippen LogP contribution >= 0.6 is 11.3 Å². The number of aryl methyl sites for hydroxylation is 1. The Morgan fingerprint density at radius 3 is 2.50 bits per heavy atom. The fourth-order valence-corrected chi connectivity index (χ4v) is 4.23. The molecule has 0 saturated heterocycles. The number of anilines is 1. The molecule has 0 fully saturated rings. The van der Waals surface area contributed by atoms with Gasteiger partial charge in [0, 0.05) is 16.6 Å². The number of aromatic nitrogens is 2. The first kappa shape index (κ1) is 21.5. The van der Waals surface area contributed by atoms with Gasteiger partial charge in [0.1, 0.15) is 11.2 Å². The van der Waals surface area contributed by atoms with Crippen LogP contribution in [0.15, 0.2) is 65.0 Å². The van der Waals surface area contributed by atoms with Crippen LogP contribution in [0.5, 0.6) is 0 Å². The van der Waals surface area contributed by atoms with Crippen molar-refractivity contribution >= 4 is 39.1 Å². The Bertz CT molecular complexity index is 1340. The van der Waals surface area contributed by atoms with E-state index in [1.165, 1.54) is 22.2 Å². The van der Waals surface area contributed by atoms with Crippen molar-refractivity contribution in [2.45, 2.75) is 20.4 Å². The molecule has 0 radical (unpaired) electrons. The van der Waals surface area contributed by atoms with E-state index in [1.54, 1.807) is 31.2 Å². The molecule has 8 heteroatoms. The second kappa shape index (κ2) is 9.15. The fourth-order valence-electron chi connectivity index (χ4n) is 3.25. The molecule has 2 heterocycles. The molecule has 0 saturated carbocycles. The topological polar surface area (TPSA) is 90.3 Å². The van der Waals surface area contributed by atoms with Gasteiger partial charge in [-0.2, -0.15) is 0 Å². The molecule has 2 aromatic carbocycles. The molecular weight excluding hydrogens is 426 g/mol. The number of hydrogen-bond acceptors (Lipinski definition) is 6. The number of thiophene rings is 1. The van der Waals surface area contributed by atoms with Crippen LogP contribution in [0.1, 0.15) is 22.8 Å². The third kappa shape index (κ3) is 4.45. The van der Waals surface area contributed by atoms with Gasteiger partial charge in [0.15, 0.2) is 0 Å². The molecular formula is C24H21N3O4S. The van der Waals surface area contributed by atoms with Crippen molar-refractivity contribution in [2.75, 3.05) is 11.9 Å². The third-order valence-electron chi connectivity index (χ3n) is 4.90. The first-order chi connectivity index (χ1) is 15.5. The maximum absolute atomic E-state index is 12.9. The average molecular weight is 448 g/mol. The van der Waals surface area contributed by atoms with E-state index in [0.717, 1.165) is 16.7 Å². The lowest BCUT2D eigenvalue weighted by Gasteiger charge is -2.08. The monoisotopic (exact) mass is 447 g/mol. The van der Waals surface area contributed by atoms with E-state index in [-0.39, 0.29) is 18.0 Å². The Balaban J connectivity index is 1.50. The molecule has 0 aliphatic carbocycles. The maximum atomic E-state index is 12.9.